The second-order valence-electron chi connectivity index (χ2n) is 5.10. The summed E-state index contributed by atoms with van der Waals surface area (Å²) in [5.74, 6) is 0.569. The molecule has 19 heavy (non-hydrogen) atoms. The molecule has 5 nitrogen and oxygen atoms in total. The Morgan fingerprint density at radius 2 is 1.95 bits per heavy atom. The predicted molar refractivity (Wildman–Crippen MR) is 70.7 cm³/mol. The van der Waals surface area contributed by atoms with Gasteiger partial charge in [-0.1, -0.05) is 6.07 Å². The van der Waals surface area contributed by atoms with Gasteiger partial charge in [-0.25, -0.2) is 0 Å². The van der Waals surface area contributed by atoms with E-state index in [2.05, 4.69) is 0 Å². The van der Waals surface area contributed by atoms with Gasteiger partial charge in [0.2, 0.25) is 0 Å². The number of ether oxygens (including phenoxy) is 2. The zero-order valence-corrected chi connectivity index (χ0v) is 11.5. The Morgan fingerprint density at radius 1 is 1.32 bits per heavy atom. The van der Waals surface area contributed by atoms with Crippen molar-refractivity contribution in [2.24, 2.45) is 0 Å². The summed E-state index contributed by atoms with van der Waals surface area (Å²) in [7, 11) is 3.75. The Balaban J connectivity index is 2.39. The van der Waals surface area contributed by atoms with Gasteiger partial charge in [0.25, 0.3) is 0 Å². The van der Waals surface area contributed by atoms with E-state index in [1.165, 1.54) is 0 Å². The van der Waals surface area contributed by atoms with Gasteiger partial charge in [-0.3, -0.25) is 9.69 Å². The van der Waals surface area contributed by atoms with Gasteiger partial charge in [0.05, 0.1) is 12.0 Å². The number of carboxylic acid groups (broad SMARTS) is 1. The smallest absolute Gasteiger partial charge is 0.305 e. The van der Waals surface area contributed by atoms with E-state index in [0.29, 0.717) is 24.7 Å². The number of fused-ring (bicyclic) bond motifs is 1. The second-order valence-corrected chi connectivity index (χ2v) is 5.10. The van der Waals surface area contributed by atoms with Crippen molar-refractivity contribution in [2.75, 3.05) is 27.3 Å². The molecule has 1 atom stereocenters. The molecule has 0 aliphatic carbocycles. The first-order chi connectivity index (χ1) is 8.93. The molecule has 0 spiro atoms. The van der Waals surface area contributed by atoms with Crippen molar-refractivity contribution in [3.05, 3.63) is 23.8 Å². The molecule has 1 aliphatic rings. The van der Waals surface area contributed by atoms with Gasteiger partial charge in [-0.2, -0.15) is 0 Å². The maximum absolute atomic E-state index is 11.1. The lowest BCUT2D eigenvalue weighted by molar-refractivity contribution is -0.140. The molecule has 1 aliphatic heterocycles. The Hall–Kier alpha value is -1.75. The number of nitrogens with zero attached hydrogens (tertiary/aromatic N) is 1. The monoisotopic (exact) mass is 265 g/mol. The highest BCUT2D eigenvalue weighted by Crippen LogP contribution is 2.37. The lowest BCUT2D eigenvalue weighted by Gasteiger charge is -2.36. The van der Waals surface area contributed by atoms with Crippen molar-refractivity contribution in [2.45, 2.75) is 18.9 Å². The highest BCUT2D eigenvalue weighted by molar-refractivity contribution is 5.69. The van der Waals surface area contributed by atoms with E-state index in [4.69, 9.17) is 14.6 Å². The average molecular weight is 265 g/mol. The molecule has 5 heteroatoms. The predicted octanol–water partition coefficient (Wildman–Crippen LogP) is 1.71. The first-order valence-corrected chi connectivity index (χ1v) is 6.23. The molecule has 0 radical (unpaired) electrons. The van der Waals surface area contributed by atoms with Gasteiger partial charge in [-0.15, -0.1) is 0 Å². The van der Waals surface area contributed by atoms with Crippen molar-refractivity contribution in [1.29, 1.82) is 0 Å². The molecule has 0 aromatic heterocycles. The maximum atomic E-state index is 11.1. The van der Waals surface area contributed by atoms with Crippen LogP contribution in [0, 0.1) is 0 Å². The molecule has 0 amide bonds. The molecule has 1 aromatic rings. The van der Waals surface area contributed by atoms with Gasteiger partial charge in [-0.05, 0) is 38.7 Å². The van der Waals surface area contributed by atoms with Crippen LogP contribution >= 0.6 is 0 Å². The third kappa shape index (κ3) is 2.66. The Bertz CT molecular complexity index is 486. The standard InChI is InChI=1S/C14H19NO4/c1-14(15(2)3,9-13(16)17)10-4-5-11-12(8-10)19-7-6-18-11/h4-5,8H,6-7,9H2,1-3H3,(H,16,17). The molecule has 0 bridgehead atoms. The second kappa shape index (κ2) is 5.09. The summed E-state index contributed by atoms with van der Waals surface area (Å²) in [6, 6.07) is 5.61. The van der Waals surface area contributed by atoms with E-state index >= 15 is 0 Å². The number of aliphatic carboxylic acids is 1. The van der Waals surface area contributed by atoms with Crippen molar-refractivity contribution >= 4 is 5.97 Å². The van der Waals surface area contributed by atoms with Crippen LogP contribution in [-0.4, -0.2) is 43.3 Å². The minimum absolute atomic E-state index is 0.0274. The summed E-state index contributed by atoms with van der Waals surface area (Å²) in [6.45, 7) is 2.98. The number of carboxylic acids is 1. The van der Waals surface area contributed by atoms with Crippen LogP contribution < -0.4 is 9.47 Å². The number of carbonyl (C=O) groups is 1. The van der Waals surface area contributed by atoms with Gasteiger partial charge >= 0.3 is 5.97 Å². The lowest BCUT2D eigenvalue weighted by Crippen LogP contribution is -2.40. The van der Waals surface area contributed by atoms with Crippen LogP contribution in [0.15, 0.2) is 18.2 Å². The summed E-state index contributed by atoms with van der Waals surface area (Å²) in [6.07, 6.45) is 0.0274. The molecule has 1 heterocycles. The summed E-state index contributed by atoms with van der Waals surface area (Å²) in [5.41, 5.74) is 0.325. The summed E-state index contributed by atoms with van der Waals surface area (Å²) in [5, 5.41) is 9.12. The molecule has 1 unspecified atom stereocenters. The van der Waals surface area contributed by atoms with Crippen LogP contribution in [0.1, 0.15) is 18.9 Å². The van der Waals surface area contributed by atoms with Crippen LogP contribution in [0.4, 0.5) is 0 Å². The van der Waals surface area contributed by atoms with Gasteiger partial charge in [0, 0.05) is 0 Å². The molecular formula is C14H19NO4. The first-order valence-electron chi connectivity index (χ1n) is 6.23. The fraction of sp³-hybridized carbons (Fsp3) is 0.500. The van der Waals surface area contributed by atoms with Crippen LogP contribution in [-0.2, 0) is 10.3 Å². The van der Waals surface area contributed by atoms with Crippen LogP contribution in [0.25, 0.3) is 0 Å². The molecule has 104 valence electrons. The van der Waals surface area contributed by atoms with Crippen LogP contribution in [0.2, 0.25) is 0 Å². The van der Waals surface area contributed by atoms with Gasteiger partial charge in [0.15, 0.2) is 11.5 Å². The number of hydrogen-bond acceptors (Lipinski definition) is 4. The summed E-state index contributed by atoms with van der Waals surface area (Å²) < 4.78 is 11.0. The minimum atomic E-state index is -0.828. The first kappa shape index (κ1) is 13.7. The Labute approximate surface area is 112 Å². The van der Waals surface area contributed by atoms with Crippen LogP contribution in [0.3, 0.4) is 0 Å². The molecule has 0 saturated carbocycles. The molecular weight excluding hydrogens is 246 g/mol. The minimum Gasteiger partial charge on any atom is -0.486 e. The SMILES string of the molecule is CN(C)C(C)(CC(=O)O)c1ccc2c(c1)OCCO2. The largest absolute Gasteiger partial charge is 0.486 e. The Kier molecular flexibility index (Phi) is 3.66. The quantitative estimate of drug-likeness (QED) is 0.898. The lowest BCUT2D eigenvalue weighted by atomic mass is 9.87. The third-order valence-corrected chi connectivity index (χ3v) is 3.65. The van der Waals surface area contributed by atoms with E-state index in [0.717, 1.165) is 5.56 Å². The van der Waals surface area contributed by atoms with Crippen molar-refractivity contribution in [1.82, 2.24) is 4.90 Å². The van der Waals surface area contributed by atoms with Crippen molar-refractivity contribution < 1.29 is 19.4 Å². The van der Waals surface area contributed by atoms with Crippen LogP contribution in [0.5, 0.6) is 11.5 Å². The highest BCUT2D eigenvalue weighted by Gasteiger charge is 2.33. The van der Waals surface area contributed by atoms with E-state index in [-0.39, 0.29) is 6.42 Å². The summed E-state index contributed by atoms with van der Waals surface area (Å²) >= 11 is 0. The number of hydrogen-bond donors (Lipinski definition) is 1. The normalized spacial score (nSPS) is 17.1. The number of rotatable bonds is 4. The average Bonchev–Trinajstić information content (AvgIpc) is 2.37. The van der Waals surface area contributed by atoms with Crippen molar-refractivity contribution in [3.63, 3.8) is 0 Å². The molecule has 2 rings (SSSR count). The maximum Gasteiger partial charge on any atom is 0.305 e. The fourth-order valence-corrected chi connectivity index (χ4v) is 2.19. The summed E-state index contributed by atoms with van der Waals surface area (Å²) in [4.78, 5) is 13.0. The molecule has 1 aromatic carbocycles. The zero-order valence-electron chi connectivity index (χ0n) is 11.5. The third-order valence-electron chi connectivity index (χ3n) is 3.65. The highest BCUT2D eigenvalue weighted by atomic mass is 16.6. The topological polar surface area (TPSA) is 59.0 Å². The molecule has 0 saturated heterocycles. The Morgan fingerprint density at radius 3 is 2.53 bits per heavy atom. The van der Waals surface area contributed by atoms with Crippen molar-refractivity contribution in [3.8, 4) is 11.5 Å². The molecule has 1 N–H and O–H groups in total. The zero-order chi connectivity index (χ0) is 14.0. The van der Waals surface area contributed by atoms with Gasteiger partial charge in [0.1, 0.15) is 13.2 Å². The van der Waals surface area contributed by atoms with Gasteiger partial charge < -0.3 is 14.6 Å². The van der Waals surface area contributed by atoms with E-state index < -0.39 is 11.5 Å². The van der Waals surface area contributed by atoms with E-state index in [1.54, 1.807) is 0 Å². The van der Waals surface area contributed by atoms with E-state index in [1.807, 2.05) is 44.1 Å². The fourth-order valence-electron chi connectivity index (χ4n) is 2.19. The molecule has 0 fully saturated rings. The number of benzene rings is 1. The van der Waals surface area contributed by atoms with E-state index in [9.17, 15) is 4.79 Å².